The van der Waals surface area contributed by atoms with Crippen LogP contribution in [0.3, 0.4) is 0 Å². The number of nitrogens with zero attached hydrogens (tertiary/aromatic N) is 3. The highest BCUT2D eigenvalue weighted by Crippen LogP contribution is 2.29. The van der Waals surface area contributed by atoms with Crippen LogP contribution in [0.25, 0.3) is 5.82 Å². The number of hydrogen-bond acceptors (Lipinski definition) is 4. The normalized spacial score (nSPS) is 15.5. The van der Waals surface area contributed by atoms with E-state index in [1.807, 2.05) is 0 Å². The Kier molecular flexibility index (Phi) is 4.99. The van der Waals surface area contributed by atoms with Crippen LogP contribution in [0.2, 0.25) is 5.02 Å². The first kappa shape index (κ1) is 17.7. The fraction of sp³-hybridized carbons (Fsp3) is 0.438. The lowest BCUT2D eigenvalue weighted by Crippen LogP contribution is -2.24. The molecule has 134 valence electrons. The maximum atomic E-state index is 12.6. The number of alkyl halides is 3. The second-order valence-electron chi connectivity index (χ2n) is 6.02. The lowest BCUT2D eigenvalue weighted by molar-refractivity contribution is -0.137. The zero-order chi connectivity index (χ0) is 18.0. The summed E-state index contributed by atoms with van der Waals surface area (Å²) in [5.41, 5.74) is -1.11. The maximum Gasteiger partial charge on any atom is 0.417 e. The van der Waals surface area contributed by atoms with E-state index in [0.29, 0.717) is 24.3 Å². The lowest BCUT2D eigenvalue weighted by atomic mass is 10.1. The zero-order valence-corrected chi connectivity index (χ0v) is 13.9. The molecule has 25 heavy (non-hydrogen) atoms. The van der Waals surface area contributed by atoms with Crippen molar-refractivity contribution in [3.05, 3.63) is 45.5 Å². The molecule has 1 aliphatic carbocycles. The average molecular weight is 373 g/mol. The van der Waals surface area contributed by atoms with E-state index in [-0.39, 0.29) is 10.8 Å². The second kappa shape index (κ2) is 7.03. The van der Waals surface area contributed by atoms with Gasteiger partial charge in [0, 0.05) is 12.7 Å². The van der Waals surface area contributed by atoms with Crippen LogP contribution in [0.1, 0.15) is 31.2 Å². The number of pyridine rings is 1. The molecule has 0 bridgehead atoms. The first-order valence-corrected chi connectivity index (χ1v) is 8.29. The quantitative estimate of drug-likeness (QED) is 0.884. The number of nitrogens with one attached hydrogen (secondary N) is 1. The van der Waals surface area contributed by atoms with Gasteiger partial charge in [-0.25, -0.2) is 4.98 Å². The molecule has 0 amide bonds. The summed E-state index contributed by atoms with van der Waals surface area (Å²) >= 11 is 6.09. The van der Waals surface area contributed by atoms with E-state index in [1.165, 1.54) is 19.0 Å². The smallest absolute Gasteiger partial charge is 0.382 e. The van der Waals surface area contributed by atoms with E-state index >= 15 is 0 Å². The SMILES string of the molecule is O=c1c(Cl)c(NCC2CCCC2)cnn1-c1ccc(C(F)(F)F)cn1. The molecule has 0 aliphatic heterocycles. The van der Waals surface area contributed by atoms with Crippen molar-refractivity contribution in [2.45, 2.75) is 31.9 Å². The molecule has 0 spiro atoms. The minimum Gasteiger partial charge on any atom is -0.382 e. The maximum absolute atomic E-state index is 12.6. The molecule has 1 N–H and O–H groups in total. The largest absolute Gasteiger partial charge is 0.417 e. The van der Waals surface area contributed by atoms with Gasteiger partial charge >= 0.3 is 6.18 Å². The van der Waals surface area contributed by atoms with Crippen molar-refractivity contribution in [2.75, 3.05) is 11.9 Å². The van der Waals surface area contributed by atoms with E-state index in [0.717, 1.165) is 29.7 Å². The van der Waals surface area contributed by atoms with Gasteiger partial charge in [0.25, 0.3) is 5.56 Å². The van der Waals surface area contributed by atoms with Gasteiger partial charge < -0.3 is 5.32 Å². The molecular weight excluding hydrogens is 357 g/mol. The van der Waals surface area contributed by atoms with Gasteiger partial charge in [0.05, 0.1) is 17.4 Å². The fourth-order valence-electron chi connectivity index (χ4n) is 2.87. The van der Waals surface area contributed by atoms with Gasteiger partial charge in [-0.2, -0.15) is 23.0 Å². The molecule has 2 aromatic rings. The predicted octanol–water partition coefficient (Wildman–Crippen LogP) is 3.90. The van der Waals surface area contributed by atoms with Crippen molar-refractivity contribution in [1.29, 1.82) is 0 Å². The number of hydrogen-bond donors (Lipinski definition) is 1. The highest BCUT2D eigenvalue weighted by molar-refractivity contribution is 6.32. The molecule has 9 heteroatoms. The summed E-state index contributed by atoms with van der Waals surface area (Å²) in [6.07, 6.45) is 2.26. The average Bonchev–Trinajstić information content (AvgIpc) is 3.09. The third kappa shape index (κ3) is 3.95. The minimum atomic E-state index is -4.49. The van der Waals surface area contributed by atoms with E-state index in [9.17, 15) is 18.0 Å². The molecule has 0 atom stereocenters. The van der Waals surface area contributed by atoms with Crippen molar-refractivity contribution in [1.82, 2.24) is 14.8 Å². The first-order valence-electron chi connectivity index (χ1n) is 7.91. The molecule has 0 aromatic carbocycles. The highest BCUT2D eigenvalue weighted by Gasteiger charge is 2.30. The van der Waals surface area contributed by atoms with E-state index in [1.54, 1.807) is 0 Å². The van der Waals surface area contributed by atoms with Crippen LogP contribution in [0, 0.1) is 5.92 Å². The van der Waals surface area contributed by atoms with Gasteiger partial charge in [0.15, 0.2) is 5.82 Å². The Morgan fingerprint density at radius 2 is 1.96 bits per heavy atom. The third-order valence-corrected chi connectivity index (χ3v) is 4.63. The van der Waals surface area contributed by atoms with Gasteiger partial charge in [-0.1, -0.05) is 24.4 Å². The van der Waals surface area contributed by atoms with Crippen molar-refractivity contribution in [2.24, 2.45) is 5.92 Å². The summed E-state index contributed by atoms with van der Waals surface area (Å²) in [5.74, 6) is 0.525. The zero-order valence-electron chi connectivity index (χ0n) is 13.2. The van der Waals surface area contributed by atoms with E-state index < -0.39 is 17.3 Å². The van der Waals surface area contributed by atoms with Gasteiger partial charge in [-0.3, -0.25) is 4.79 Å². The predicted molar refractivity (Wildman–Crippen MR) is 88.1 cm³/mol. The summed E-state index contributed by atoms with van der Waals surface area (Å²) in [7, 11) is 0. The topological polar surface area (TPSA) is 59.8 Å². The Morgan fingerprint density at radius 3 is 2.56 bits per heavy atom. The molecule has 5 nitrogen and oxygen atoms in total. The molecule has 2 aromatic heterocycles. The number of rotatable bonds is 4. The molecule has 1 fully saturated rings. The molecule has 0 unspecified atom stereocenters. The summed E-state index contributed by atoms with van der Waals surface area (Å²) < 4.78 is 38.6. The van der Waals surface area contributed by atoms with Gasteiger partial charge in [-0.15, -0.1) is 0 Å². The minimum absolute atomic E-state index is 0.0257. The number of anilines is 1. The van der Waals surface area contributed by atoms with Crippen LogP contribution in [0.15, 0.2) is 29.3 Å². The van der Waals surface area contributed by atoms with Crippen molar-refractivity contribution < 1.29 is 13.2 Å². The summed E-state index contributed by atoms with van der Waals surface area (Å²) in [4.78, 5) is 16.0. The molecule has 1 saturated carbocycles. The third-order valence-electron chi connectivity index (χ3n) is 4.27. The van der Waals surface area contributed by atoms with E-state index in [4.69, 9.17) is 11.6 Å². The Labute approximate surface area is 146 Å². The van der Waals surface area contributed by atoms with Crippen LogP contribution < -0.4 is 10.9 Å². The van der Waals surface area contributed by atoms with Crippen LogP contribution in [0.5, 0.6) is 0 Å². The summed E-state index contributed by atoms with van der Waals surface area (Å²) in [5, 5.41) is 7.03. The van der Waals surface area contributed by atoms with Crippen LogP contribution in [0.4, 0.5) is 18.9 Å². The Bertz CT molecular complexity index is 799. The fourth-order valence-corrected chi connectivity index (χ4v) is 3.06. The molecule has 3 rings (SSSR count). The molecule has 1 aliphatic rings. The summed E-state index contributed by atoms with van der Waals surface area (Å²) in [6.45, 7) is 0.712. The van der Waals surface area contributed by atoms with Crippen LogP contribution >= 0.6 is 11.6 Å². The lowest BCUT2D eigenvalue weighted by Gasteiger charge is -2.13. The molecular formula is C16H16ClF3N4O. The van der Waals surface area contributed by atoms with Gasteiger partial charge in [0.2, 0.25) is 0 Å². The van der Waals surface area contributed by atoms with Crippen LogP contribution in [-0.2, 0) is 6.18 Å². The standard InChI is InChI=1S/C16H16ClF3N4O/c17-14-12(21-7-10-3-1-2-4-10)9-23-24(15(14)25)13-6-5-11(8-22-13)16(18,19)20/h5-6,8-10,21H,1-4,7H2. The molecule has 2 heterocycles. The van der Waals surface area contributed by atoms with E-state index in [2.05, 4.69) is 15.4 Å². The van der Waals surface area contributed by atoms with Crippen molar-refractivity contribution >= 4 is 17.3 Å². The van der Waals surface area contributed by atoms with Gasteiger partial charge in [0.1, 0.15) is 5.02 Å². The molecule has 0 radical (unpaired) electrons. The second-order valence-corrected chi connectivity index (χ2v) is 6.40. The molecule has 0 saturated heterocycles. The number of halogens is 4. The highest BCUT2D eigenvalue weighted by atomic mass is 35.5. The van der Waals surface area contributed by atoms with Crippen molar-refractivity contribution in [3.8, 4) is 5.82 Å². The van der Waals surface area contributed by atoms with Crippen LogP contribution in [-0.4, -0.2) is 21.3 Å². The first-order chi connectivity index (χ1) is 11.9. The van der Waals surface area contributed by atoms with Crippen molar-refractivity contribution in [3.63, 3.8) is 0 Å². The number of aromatic nitrogens is 3. The summed E-state index contributed by atoms with van der Waals surface area (Å²) in [6, 6.07) is 1.93. The monoisotopic (exact) mass is 372 g/mol. The Morgan fingerprint density at radius 1 is 1.24 bits per heavy atom. The Balaban J connectivity index is 1.81. The Hall–Kier alpha value is -2.09. The van der Waals surface area contributed by atoms with Gasteiger partial charge in [-0.05, 0) is 30.9 Å².